The molecule has 0 bridgehead atoms. The quantitative estimate of drug-likeness (QED) is 0.920. The Labute approximate surface area is 135 Å². The first-order valence-corrected chi connectivity index (χ1v) is 7.37. The third-order valence-electron chi connectivity index (χ3n) is 3.47. The van der Waals surface area contributed by atoms with E-state index in [4.69, 9.17) is 10.00 Å². The molecule has 6 nitrogen and oxygen atoms in total. The van der Waals surface area contributed by atoms with E-state index in [1.165, 1.54) is 10.9 Å². The zero-order valence-corrected chi connectivity index (χ0v) is 13.8. The van der Waals surface area contributed by atoms with E-state index in [1.807, 2.05) is 31.2 Å². The molecule has 1 amide bonds. The van der Waals surface area contributed by atoms with Crippen molar-refractivity contribution in [2.24, 2.45) is 7.05 Å². The fourth-order valence-corrected chi connectivity index (χ4v) is 2.22. The highest BCUT2D eigenvalue weighted by Gasteiger charge is 2.14. The van der Waals surface area contributed by atoms with E-state index in [0.717, 1.165) is 11.1 Å². The second-order valence-corrected chi connectivity index (χ2v) is 5.68. The molecule has 0 fully saturated rings. The van der Waals surface area contributed by atoms with Crippen LogP contribution in [0, 0.1) is 18.3 Å². The fourth-order valence-electron chi connectivity index (χ4n) is 2.22. The van der Waals surface area contributed by atoms with E-state index in [-0.39, 0.29) is 12.5 Å². The third kappa shape index (κ3) is 3.89. The number of rotatable bonds is 5. The summed E-state index contributed by atoms with van der Waals surface area (Å²) in [5, 5.41) is 15.6. The minimum Gasteiger partial charge on any atom is -0.483 e. The van der Waals surface area contributed by atoms with Crippen LogP contribution < -0.4 is 10.1 Å². The van der Waals surface area contributed by atoms with Crippen LogP contribution in [0.5, 0.6) is 5.75 Å². The molecule has 120 valence electrons. The molecular weight excluding hydrogens is 292 g/mol. The molecule has 0 radical (unpaired) electrons. The molecule has 0 aliphatic carbocycles. The van der Waals surface area contributed by atoms with Crippen molar-refractivity contribution in [1.29, 1.82) is 5.26 Å². The SMILES string of the molecule is Cc1ccc(C(C)C)c(OCC(=O)Nc2c(C#N)cnn2C)c1. The predicted molar refractivity (Wildman–Crippen MR) is 87.3 cm³/mol. The first-order chi connectivity index (χ1) is 10.9. The molecule has 1 N–H and O–H groups in total. The number of nitriles is 1. The lowest BCUT2D eigenvalue weighted by Gasteiger charge is -2.15. The van der Waals surface area contributed by atoms with Crippen LogP contribution in [-0.4, -0.2) is 22.3 Å². The molecule has 0 saturated carbocycles. The summed E-state index contributed by atoms with van der Waals surface area (Å²) in [4.78, 5) is 12.1. The van der Waals surface area contributed by atoms with Gasteiger partial charge in [-0.3, -0.25) is 9.48 Å². The van der Waals surface area contributed by atoms with Crippen molar-refractivity contribution in [1.82, 2.24) is 9.78 Å². The van der Waals surface area contributed by atoms with E-state index >= 15 is 0 Å². The minimum absolute atomic E-state index is 0.126. The van der Waals surface area contributed by atoms with Crippen LogP contribution in [0.15, 0.2) is 24.4 Å². The molecule has 2 aromatic rings. The van der Waals surface area contributed by atoms with Crippen LogP contribution in [0.2, 0.25) is 0 Å². The van der Waals surface area contributed by atoms with Gasteiger partial charge in [0, 0.05) is 7.05 Å². The van der Waals surface area contributed by atoms with E-state index in [0.29, 0.717) is 23.0 Å². The van der Waals surface area contributed by atoms with Gasteiger partial charge < -0.3 is 10.1 Å². The van der Waals surface area contributed by atoms with Gasteiger partial charge in [-0.2, -0.15) is 10.4 Å². The topological polar surface area (TPSA) is 79.9 Å². The molecular formula is C17H20N4O2. The standard InChI is InChI=1S/C17H20N4O2/c1-11(2)14-6-5-12(3)7-15(14)23-10-16(22)20-17-13(8-18)9-19-21(17)4/h5-7,9,11H,10H2,1-4H3,(H,20,22). The number of carbonyl (C=O) groups excluding carboxylic acids is 1. The number of hydrogen-bond acceptors (Lipinski definition) is 4. The van der Waals surface area contributed by atoms with Gasteiger partial charge in [0.25, 0.3) is 5.91 Å². The smallest absolute Gasteiger partial charge is 0.263 e. The number of amides is 1. The Hall–Kier alpha value is -2.81. The number of nitrogens with one attached hydrogen (secondary N) is 1. The average molecular weight is 312 g/mol. The summed E-state index contributed by atoms with van der Waals surface area (Å²) in [7, 11) is 1.66. The molecule has 6 heteroatoms. The monoisotopic (exact) mass is 312 g/mol. The molecule has 1 aromatic carbocycles. The zero-order chi connectivity index (χ0) is 17.0. The Bertz CT molecular complexity index is 756. The number of ether oxygens (including phenoxy) is 1. The molecule has 0 saturated heterocycles. The Kier molecular flexibility index (Phi) is 5.02. The van der Waals surface area contributed by atoms with Gasteiger partial charge in [0.15, 0.2) is 6.61 Å². The summed E-state index contributed by atoms with van der Waals surface area (Å²) < 4.78 is 7.13. The van der Waals surface area contributed by atoms with Crippen LogP contribution in [0.1, 0.15) is 36.5 Å². The van der Waals surface area contributed by atoms with Crippen LogP contribution >= 0.6 is 0 Å². The highest BCUT2D eigenvalue weighted by molar-refractivity contribution is 5.92. The van der Waals surface area contributed by atoms with Crippen LogP contribution in [-0.2, 0) is 11.8 Å². The van der Waals surface area contributed by atoms with Crippen molar-refractivity contribution in [3.63, 3.8) is 0 Å². The summed E-state index contributed by atoms with van der Waals surface area (Å²) in [6.07, 6.45) is 1.41. The van der Waals surface area contributed by atoms with Crippen molar-refractivity contribution in [3.05, 3.63) is 41.1 Å². The van der Waals surface area contributed by atoms with Gasteiger partial charge >= 0.3 is 0 Å². The summed E-state index contributed by atoms with van der Waals surface area (Å²) >= 11 is 0. The highest BCUT2D eigenvalue weighted by Crippen LogP contribution is 2.27. The van der Waals surface area contributed by atoms with Gasteiger partial charge in [0.1, 0.15) is 23.2 Å². The molecule has 0 aliphatic heterocycles. The first-order valence-electron chi connectivity index (χ1n) is 7.37. The Morgan fingerprint density at radius 2 is 2.22 bits per heavy atom. The van der Waals surface area contributed by atoms with Crippen molar-refractivity contribution in [3.8, 4) is 11.8 Å². The molecule has 1 aromatic heterocycles. The zero-order valence-electron chi connectivity index (χ0n) is 13.8. The maximum absolute atomic E-state index is 12.1. The maximum atomic E-state index is 12.1. The van der Waals surface area contributed by atoms with Gasteiger partial charge in [-0.15, -0.1) is 0 Å². The number of anilines is 1. The number of carbonyl (C=O) groups is 1. The molecule has 2 rings (SSSR count). The largest absolute Gasteiger partial charge is 0.483 e. The lowest BCUT2D eigenvalue weighted by atomic mass is 10.0. The second-order valence-electron chi connectivity index (χ2n) is 5.68. The molecule has 0 atom stereocenters. The summed E-state index contributed by atoms with van der Waals surface area (Å²) in [6, 6.07) is 7.95. The normalized spacial score (nSPS) is 10.4. The van der Waals surface area contributed by atoms with E-state index in [2.05, 4.69) is 24.3 Å². The molecule has 1 heterocycles. The Morgan fingerprint density at radius 3 is 2.87 bits per heavy atom. The van der Waals surface area contributed by atoms with Crippen molar-refractivity contribution < 1.29 is 9.53 Å². The molecule has 0 spiro atoms. The van der Waals surface area contributed by atoms with Gasteiger partial charge in [-0.25, -0.2) is 0 Å². The molecule has 0 aliphatic rings. The van der Waals surface area contributed by atoms with Crippen LogP contribution in [0.25, 0.3) is 0 Å². The Balaban J connectivity index is 2.07. The highest BCUT2D eigenvalue weighted by atomic mass is 16.5. The first kappa shape index (κ1) is 16.6. The van der Waals surface area contributed by atoms with Gasteiger partial charge in [0.2, 0.25) is 0 Å². The van der Waals surface area contributed by atoms with Crippen molar-refractivity contribution in [2.75, 3.05) is 11.9 Å². The lowest BCUT2D eigenvalue weighted by Crippen LogP contribution is -2.22. The summed E-state index contributed by atoms with van der Waals surface area (Å²) in [6.45, 7) is 6.00. The summed E-state index contributed by atoms with van der Waals surface area (Å²) in [5.41, 5.74) is 2.45. The fraction of sp³-hybridized carbons (Fsp3) is 0.353. The van der Waals surface area contributed by atoms with E-state index in [9.17, 15) is 4.79 Å². The minimum atomic E-state index is -0.332. The maximum Gasteiger partial charge on any atom is 0.263 e. The van der Waals surface area contributed by atoms with E-state index in [1.54, 1.807) is 7.05 Å². The van der Waals surface area contributed by atoms with Crippen LogP contribution in [0.4, 0.5) is 5.82 Å². The number of hydrogen-bond donors (Lipinski definition) is 1. The third-order valence-corrected chi connectivity index (χ3v) is 3.47. The molecule has 0 unspecified atom stereocenters. The average Bonchev–Trinajstić information content (AvgIpc) is 2.85. The molecule has 23 heavy (non-hydrogen) atoms. The number of aryl methyl sites for hydroxylation is 2. The lowest BCUT2D eigenvalue weighted by molar-refractivity contribution is -0.118. The number of benzene rings is 1. The van der Waals surface area contributed by atoms with Gasteiger partial charge in [-0.05, 0) is 30.0 Å². The number of nitrogens with zero attached hydrogens (tertiary/aromatic N) is 3. The summed E-state index contributed by atoms with van der Waals surface area (Å²) in [5.74, 6) is 1.05. The second kappa shape index (κ2) is 6.97. The number of aromatic nitrogens is 2. The van der Waals surface area contributed by atoms with Crippen LogP contribution in [0.3, 0.4) is 0 Å². The van der Waals surface area contributed by atoms with E-state index < -0.39 is 0 Å². The predicted octanol–water partition coefficient (Wildman–Crippen LogP) is 2.74. The van der Waals surface area contributed by atoms with Crippen molar-refractivity contribution >= 4 is 11.7 Å². The van der Waals surface area contributed by atoms with Gasteiger partial charge in [-0.1, -0.05) is 26.0 Å². The van der Waals surface area contributed by atoms with Gasteiger partial charge in [0.05, 0.1) is 6.20 Å². The Morgan fingerprint density at radius 1 is 1.48 bits per heavy atom. The van der Waals surface area contributed by atoms with Crippen molar-refractivity contribution in [2.45, 2.75) is 26.7 Å².